The molecule has 0 bridgehead atoms. The molecular weight excluding hydrogens is 260 g/mol. The maximum absolute atomic E-state index is 12.7. The van der Waals surface area contributed by atoms with Crippen molar-refractivity contribution in [1.29, 1.82) is 0 Å². The molecule has 3 atom stereocenters. The molecule has 0 radical (unpaired) electrons. The van der Waals surface area contributed by atoms with E-state index in [9.17, 15) is 4.79 Å². The maximum atomic E-state index is 12.7. The molecule has 1 N–H and O–H groups in total. The monoisotopic (exact) mass is 296 g/mol. The van der Waals surface area contributed by atoms with Crippen LogP contribution in [0.15, 0.2) is 0 Å². The Balaban J connectivity index is 2.59. The molecule has 3 unspecified atom stereocenters. The largest absolute Gasteiger partial charge is 0.323 e. The molecule has 124 valence electrons. The van der Waals surface area contributed by atoms with Gasteiger partial charge in [0.1, 0.15) is 0 Å². The number of hydrogen-bond acceptors (Lipinski definition) is 2. The van der Waals surface area contributed by atoms with E-state index < -0.39 is 0 Å². The van der Waals surface area contributed by atoms with Crippen molar-refractivity contribution in [2.45, 2.75) is 104 Å². The van der Waals surface area contributed by atoms with Gasteiger partial charge < -0.3 is 4.90 Å². The highest BCUT2D eigenvalue weighted by molar-refractivity contribution is 5.84. The van der Waals surface area contributed by atoms with Crippen molar-refractivity contribution in [2.75, 3.05) is 0 Å². The second-order valence-electron chi connectivity index (χ2n) is 7.09. The molecule has 0 aromatic heterocycles. The van der Waals surface area contributed by atoms with Crippen LogP contribution in [0, 0.1) is 5.92 Å². The molecular formula is C18H36N2O. The summed E-state index contributed by atoms with van der Waals surface area (Å²) in [5.74, 6) is 1.10. The Bertz CT molecular complexity index is 304. The van der Waals surface area contributed by atoms with Gasteiger partial charge in [-0.25, -0.2) is 0 Å². The predicted molar refractivity (Wildman–Crippen MR) is 90.1 cm³/mol. The Labute approximate surface area is 131 Å². The lowest BCUT2D eigenvalue weighted by molar-refractivity contribution is -0.132. The molecule has 0 aromatic rings. The van der Waals surface area contributed by atoms with Gasteiger partial charge in [0.15, 0.2) is 0 Å². The van der Waals surface area contributed by atoms with Crippen LogP contribution in [0.4, 0.5) is 0 Å². The predicted octanol–water partition coefficient (Wildman–Crippen LogP) is 4.32. The van der Waals surface area contributed by atoms with Crippen molar-refractivity contribution in [1.82, 2.24) is 10.2 Å². The maximum Gasteiger partial charge on any atom is 0.241 e. The Kier molecular flexibility index (Phi) is 8.31. The zero-order chi connectivity index (χ0) is 15.8. The minimum atomic E-state index is 0.0639. The first-order valence-corrected chi connectivity index (χ1v) is 9.09. The van der Waals surface area contributed by atoms with E-state index in [2.05, 4.69) is 44.8 Å². The molecule has 1 fully saturated rings. The Hall–Kier alpha value is -0.570. The minimum absolute atomic E-state index is 0.0639. The summed E-state index contributed by atoms with van der Waals surface area (Å²) in [6.07, 6.45) is 9.36. The fraction of sp³-hybridized carbons (Fsp3) is 0.944. The number of unbranched alkanes of at least 4 members (excludes halogenated alkanes) is 1. The van der Waals surface area contributed by atoms with Gasteiger partial charge in [0.25, 0.3) is 0 Å². The zero-order valence-corrected chi connectivity index (χ0v) is 14.8. The van der Waals surface area contributed by atoms with Crippen LogP contribution < -0.4 is 5.32 Å². The quantitative estimate of drug-likeness (QED) is 0.651. The number of rotatable bonds is 10. The van der Waals surface area contributed by atoms with Crippen LogP contribution in [0.25, 0.3) is 0 Å². The number of hydrogen-bond donors (Lipinski definition) is 1. The van der Waals surface area contributed by atoms with E-state index >= 15 is 0 Å². The van der Waals surface area contributed by atoms with Gasteiger partial charge in [0.2, 0.25) is 5.91 Å². The lowest BCUT2D eigenvalue weighted by atomic mass is 10.0. The second-order valence-corrected chi connectivity index (χ2v) is 7.09. The van der Waals surface area contributed by atoms with Crippen LogP contribution >= 0.6 is 0 Å². The number of nitrogens with one attached hydrogen (secondary N) is 1. The van der Waals surface area contributed by atoms with E-state index in [1.807, 2.05) is 0 Å². The first-order valence-electron chi connectivity index (χ1n) is 9.09. The normalized spacial score (nSPS) is 24.1. The average molecular weight is 296 g/mol. The fourth-order valence-electron chi connectivity index (χ4n) is 3.31. The van der Waals surface area contributed by atoms with Gasteiger partial charge in [0.05, 0.1) is 12.2 Å². The van der Waals surface area contributed by atoms with Crippen molar-refractivity contribution >= 4 is 5.91 Å². The third-order valence-electron chi connectivity index (χ3n) is 4.57. The van der Waals surface area contributed by atoms with E-state index in [0.717, 1.165) is 44.4 Å². The van der Waals surface area contributed by atoms with Gasteiger partial charge in [-0.15, -0.1) is 0 Å². The molecule has 1 aliphatic rings. The van der Waals surface area contributed by atoms with Crippen LogP contribution in [-0.2, 0) is 4.79 Å². The third kappa shape index (κ3) is 5.61. The average Bonchev–Trinajstić information content (AvgIpc) is 2.72. The van der Waals surface area contributed by atoms with Crippen molar-refractivity contribution in [3.63, 3.8) is 0 Å². The summed E-state index contributed by atoms with van der Waals surface area (Å²) in [7, 11) is 0. The summed E-state index contributed by atoms with van der Waals surface area (Å²) in [4.78, 5) is 14.9. The molecule has 21 heavy (non-hydrogen) atoms. The molecule has 1 amide bonds. The van der Waals surface area contributed by atoms with Gasteiger partial charge in [-0.1, -0.05) is 59.8 Å². The second kappa shape index (κ2) is 9.45. The standard InChI is InChI=1S/C18H36N2O/c1-6-8-13-16-18(21)20(17(19-16)10-7-2)15(5)12-9-11-14(3)4/h14-17,19H,6-13H2,1-5H3. The number of carbonyl (C=O) groups is 1. The van der Waals surface area contributed by atoms with Crippen LogP contribution in [-0.4, -0.2) is 29.1 Å². The highest BCUT2D eigenvalue weighted by Gasteiger charge is 2.39. The van der Waals surface area contributed by atoms with Crippen molar-refractivity contribution in [3.05, 3.63) is 0 Å². The SMILES string of the molecule is CCCCC1NC(CCC)N(C(C)CCCC(C)C)C1=O. The lowest BCUT2D eigenvalue weighted by Crippen LogP contribution is -2.43. The van der Waals surface area contributed by atoms with Crippen LogP contribution in [0.2, 0.25) is 0 Å². The molecule has 3 nitrogen and oxygen atoms in total. The Morgan fingerprint density at radius 1 is 1.05 bits per heavy atom. The van der Waals surface area contributed by atoms with E-state index in [0.29, 0.717) is 11.9 Å². The van der Waals surface area contributed by atoms with Crippen molar-refractivity contribution in [3.8, 4) is 0 Å². The molecule has 1 rings (SSSR count). The number of amides is 1. The highest BCUT2D eigenvalue weighted by Crippen LogP contribution is 2.24. The van der Waals surface area contributed by atoms with E-state index in [4.69, 9.17) is 0 Å². The number of nitrogens with zero attached hydrogens (tertiary/aromatic N) is 1. The summed E-state index contributed by atoms with van der Waals surface area (Å²) in [5.41, 5.74) is 0. The summed E-state index contributed by atoms with van der Waals surface area (Å²) in [6.45, 7) is 11.2. The van der Waals surface area contributed by atoms with Crippen LogP contribution in [0.1, 0.15) is 86.0 Å². The molecule has 3 heteroatoms. The Morgan fingerprint density at radius 3 is 2.33 bits per heavy atom. The topological polar surface area (TPSA) is 32.3 Å². The lowest BCUT2D eigenvalue weighted by Gasteiger charge is -2.30. The third-order valence-corrected chi connectivity index (χ3v) is 4.57. The first kappa shape index (κ1) is 18.5. The Morgan fingerprint density at radius 2 is 1.76 bits per heavy atom. The molecule has 0 saturated carbocycles. The molecule has 1 heterocycles. The van der Waals surface area contributed by atoms with Gasteiger partial charge in [0, 0.05) is 6.04 Å². The smallest absolute Gasteiger partial charge is 0.241 e. The van der Waals surface area contributed by atoms with E-state index in [-0.39, 0.29) is 12.2 Å². The highest BCUT2D eigenvalue weighted by atomic mass is 16.2. The van der Waals surface area contributed by atoms with Gasteiger partial charge in [-0.2, -0.15) is 0 Å². The summed E-state index contributed by atoms with van der Waals surface area (Å²) in [6, 6.07) is 0.431. The number of carbonyl (C=O) groups excluding carboxylic acids is 1. The van der Waals surface area contributed by atoms with E-state index in [1.54, 1.807) is 0 Å². The van der Waals surface area contributed by atoms with Gasteiger partial charge in [-0.05, 0) is 32.1 Å². The van der Waals surface area contributed by atoms with Gasteiger partial charge >= 0.3 is 0 Å². The van der Waals surface area contributed by atoms with E-state index in [1.165, 1.54) is 12.8 Å². The minimum Gasteiger partial charge on any atom is -0.323 e. The van der Waals surface area contributed by atoms with Crippen LogP contribution in [0.5, 0.6) is 0 Å². The summed E-state index contributed by atoms with van der Waals surface area (Å²) >= 11 is 0. The molecule has 0 aromatic carbocycles. The fourth-order valence-corrected chi connectivity index (χ4v) is 3.31. The molecule has 0 spiro atoms. The summed E-state index contributed by atoms with van der Waals surface area (Å²) < 4.78 is 0. The summed E-state index contributed by atoms with van der Waals surface area (Å²) in [5, 5.41) is 3.58. The van der Waals surface area contributed by atoms with Crippen molar-refractivity contribution in [2.24, 2.45) is 5.92 Å². The molecule has 0 aliphatic carbocycles. The first-order chi connectivity index (χ1) is 10.0. The van der Waals surface area contributed by atoms with Crippen molar-refractivity contribution < 1.29 is 4.79 Å². The zero-order valence-electron chi connectivity index (χ0n) is 14.8. The molecule has 1 saturated heterocycles. The van der Waals surface area contributed by atoms with Crippen LogP contribution in [0.3, 0.4) is 0 Å². The molecule has 1 aliphatic heterocycles. The van der Waals surface area contributed by atoms with Gasteiger partial charge in [-0.3, -0.25) is 10.1 Å².